The topological polar surface area (TPSA) is 46.2 Å². The zero-order chi connectivity index (χ0) is 15.3. The van der Waals surface area contributed by atoms with Crippen LogP contribution in [0.15, 0.2) is 40.6 Å². The Kier molecular flexibility index (Phi) is 5.87. The summed E-state index contributed by atoms with van der Waals surface area (Å²) < 4.78 is 27.2. The van der Waals surface area contributed by atoms with Crippen LogP contribution in [0.25, 0.3) is 0 Å². The molecule has 0 amide bonds. The molecule has 1 aromatic carbocycles. The monoisotopic (exact) mass is 341 g/mol. The summed E-state index contributed by atoms with van der Waals surface area (Å²) in [4.78, 5) is 1.70. The molecule has 114 valence electrons. The van der Waals surface area contributed by atoms with E-state index in [-0.39, 0.29) is 0 Å². The zero-order valence-corrected chi connectivity index (χ0v) is 14.6. The number of rotatable bonds is 7. The molecule has 0 aliphatic rings. The van der Waals surface area contributed by atoms with Crippen LogP contribution >= 0.6 is 23.1 Å². The summed E-state index contributed by atoms with van der Waals surface area (Å²) in [5.74, 6) is 1.70. The summed E-state index contributed by atoms with van der Waals surface area (Å²) in [6.45, 7) is 4.17. The van der Waals surface area contributed by atoms with Gasteiger partial charge in [-0.3, -0.25) is 0 Å². The van der Waals surface area contributed by atoms with Gasteiger partial charge in [0, 0.05) is 22.9 Å². The normalized spacial score (nSPS) is 11.7. The van der Waals surface area contributed by atoms with Crippen LogP contribution in [0, 0.1) is 13.8 Å². The highest BCUT2D eigenvalue weighted by molar-refractivity contribution is 7.98. The molecule has 0 aliphatic carbocycles. The van der Waals surface area contributed by atoms with Gasteiger partial charge >= 0.3 is 0 Å². The van der Waals surface area contributed by atoms with Gasteiger partial charge in [0.05, 0.1) is 4.90 Å². The molecule has 2 rings (SSSR count). The van der Waals surface area contributed by atoms with E-state index in [4.69, 9.17) is 0 Å². The van der Waals surface area contributed by atoms with Crippen molar-refractivity contribution in [3.63, 3.8) is 0 Å². The summed E-state index contributed by atoms with van der Waals surface area (Å²) in [6, 6.07) is 9.61. The van der Waals surface area contributed by atoms with Gasteiger partial charge in [-0.25, -0.2) is 13.1 Å². The third-order valence-electron chi connectivity index (χ3n) is 3.00. The van der Waals surface area contributed by atoms with Crippen molar-refractivity contribution >= 4 is 33.1 Å². The molecule has 3 nitrogen and oxygen atoms in total. The van der Waals surface area contributed by atoms with Crippen LogP contribution in [0.1, 0.15) is 16.0 Å². The van der Waals surface area contributed by atoms with Gasteiger partial charge in [-0.2, -0.15) is 11.8 Å². The minimum atomic E-state index is -3.41. The predicted octanol–water partition coefficient (Wildman–Crippen LogP) is 3.58. The number of thiophene rings is 1. The number of nitrogens with one attached hydrogen (secondary N) is 1. The molecule has 0 radical (unpaired) electrons. The summed E-state index contributed by atoms with van der Waals surface area (Å²) in [5.41, 5.74) is 1.73. The lowest BCUT2D eigenvalue weighted by Gasteiger charge is -2.10. The van der Waals surface area contributed by atoms with Crippen molar-refractivity contribution < 1.29 is 8.42 Å². The van der Waals surface area contributed by atoms with Crippen molar-refractivity contribution in [2.75, 3.05) is 12.3 Å². The van der Waals surface area contributed by atoms with E-state index in [0.29, 0.717) is 11.4 Å². The van der Waals surface area contributed by atoms with Crippen molar-refractivity contribution in [2.24, 2.45) is 0 Å². The van der Waals surface area contributed by atoms with Crippen LogP contribution in [0.5, 0.6) is 0 Å². The van der Waals surface area contributed by atoms with Crippen LogP contribution in [0.2, 0.25) is 0 Å². The highest BCUT2D eigenvalue weighted by atomic mass is 32.2. The molecule has 0 spiro atoms. The van der Waals surface area contributed by atoms with Gasteiger partial charge in [0.15, 0.2) is 0 Å². The van der Waals surface area contributed by atoms with Gasteiger partial charge in [-0.1, -0.05) is 18.2 Å². The highest BCUT2D eigenvalue weighted by Crippen LogP contribution is 2.18. The fourth-order valence-electron chi connectivity index (χ4n) is 1.89. The lowest BCUT2D eigenvalue weighted by molar-refractivity contribution is 0.583. The van der Waals surface area contributed by atoms with E-state index in [1.54, 1.807) is 29.2 Å². The summed E-state index contributed by atoms with van der Waals surface area (Å²) >= 11 is 3.47. The smallest absolute Gasteiger partial charge is 0.210 e. The average molecular weight is 342 g/mol. The first-order chi connectivity index (χ1) is 9.99. The standard InChI is InChI=1S/C15H19NO2S3/c1-12-5-6-13(2)15(10-12)21(17,18)16-7-9-19-11-14-4-3-8-20-14/h3-6,8,10,16H,7,9,11H2,1-2H3. The quantitative estimate of drug-likeness (QED) is 0.783. The van der Waals surface area contributed by atoms with Crippen LogP contribution in [-0.4, -0.2) is 20.7 Å². The predicted molar refractivity (Wildman–Crippen MR) is 91.6 cm³/mol. The van der Waals surface area contributed by atoms with Gasteiger partial charge in [0.2, 0.25) is 10.0 Å². The van der Waals surface area contributed by atoms with Crippen LogP contribution in [0.3, 0.4) is 0 Å². The molecule has 0 fully saturated rings. The Labute approximate surface area is 134 Å². The highest BCUT2D eigenvalue weighted by Gasteiger charge is 2.16. The van der Waals surface area contributed by atoms with Crippen LogP contribution in [0.4, 0.5) is 0 Å². The summed E-state index contributed by atoms with van der Waals surface area (Å²) in [7, 11) is -3.41. The molecule has 0 saturated heterocycles. The van der Waals surface area contributed by atoms with Gasteiger partial charge in [-0.05, 0) is 42.5 Å². The zero-order valence-electron chi connectivity index (χ0n) is 12.1. The first-order valence-corrected chi connectivity index (χ1v) is 10.2. The lowest BCUT2D eigenvalue weighted by atomic mass is 10.2. The van der Waals surface area contributed by atoms with E-state index in [0.717, 1.165) is 22.6 Å². The van der Waals surface area contributed by atoms with Crippen molar-refractivity contribution in [3.05, 3.63) is 51.7 Å². The Morgan fingerprint density at radius 2 is 2.05 bits per heavy atom. The second-order valence-corrected chi connectivity index (χ2v) is 8.67. The molecule has 0 bridgehead atoms. The molecular weight excluding hydrogens is 322 g/mol. The van der Waals surface area contributed by atoms with Crippen LogP contribution in [-0.2, 0) is 15.8 Å². The third-order valence-corrected chi connectivity index (χ3v) is 6.67. The number of sulfonamides is 1. The number of hydrogen-bond acceptors (Lipinski definition) is 4. The molecule has 6 heteroatoms. The number of hydrogen-bond donors (Lipinski definition) is 1. The van der Waals surface area contributed by atoms with Crippen molar-refractivity contribution in [1.29, 1.82) is 0 Å². The maximum atomic E-state index is 12.3. The van der Waals surface area contributed by atoms with Gasteiger partial charge in [0.1, 0.15) is 0 Å². The SMILES string of the molecule is Cc1ccc(C)c(S(=O)(=O)NCCSCc2cccs2)c1. The molecule has 2 aromatic rings. The molecule has 1 heterocycles. The Morgan fingerprint density at radius 1 is 1.24 bits per heavy atom. The van der Waals surface area contributed by atoms with Gasteiger partial charge < -0.3 is 0 Å². The van der Waals surface area contributed by atoms with Crippen molar-refractivity contribution in [3.8, 4) is 0 Å². The van der Waals surface area contributed by atoms with E-state index < -0.39 is 10.0 Å². The molecule has 1 aromatic heterocycles. The van der Waals surface area contributed by atoms with Crippen LogP contribution < -0.4 is 4.72 Å². The number of aryl methyl sites for hydroxylation is 2. The Hall–Kier alpha value is -0.820. The third kappa shape index (κ3) is 4.85. The molecule has 0 unspecified atom stereocenters. The largest absolute Gasteiger partial charge is 0.240 e. The summed E-state index contributed by atoms with van der Waals surface area (Å²) in [6.07, 6.45) is 0. The second kappa shape index (κ2) is 7.45. The van der Waals surface area contributed by atoms with Gasteiger partial charge in [-0.15, -0.1) is 11.3 Å². The maximum Gasteiger partial charge on any atom is 0.240 e. The number of thioether (sulfide) groups is 1. The molecule has 1 N–H and O–H groups in total. The fourth-order valence-corrected chi connectivity index (χ4v) is 5.08. The minimum Gasteiger partial charge on any atom is -0.210 e. The minimum absolute atomic E-state index is 0.380. The van der Waals surface area contributed by atoms with E-state index >= 15 is 0 Å². The van der Waals surface area contributed by atoms with E-state index in [2.05, 4.69) is 16.2 Å². The number of benzene rings is 1. The first-order valence-electron chi connectivity index (χ1n) is 6.66. The molecule has 0 atom stereocenters. The van der Waals surface area contributed by atoms with E-state index in [1.165, 1.54) is 4.88 Å². The van der Waals surface area contributed by atoms with Crippen molar-refractivity contribution in [1.82, 2.24) is 4.72 Å². The Morgan fingerprint density at radius 3 is 2.76 bits per heavy atom. The first kappa shape index (κ1) is 16.5. The van der Waals surface area contributed by atoms with Crippen molar-refractivity contribution in [2.45, 2.75) is 24.5 Å². The molecular formula is C15H19NO2S3. The fraction of sp³-hybridized carbons (Fsp3) is 0.333. The molecule has 0 aliphatic heterocycles. The second-order valence-electron chi connectivity index (χ2n) is 4.80. The van der Waals surface area contributed by atoms with Gasteiger partial charge in [0.25, 0.3) is 0 Å². The summed E-state index contributed by atoms with van der Waals surface area (Å²) in [5, 5.41) is 2.05. The van der Waals surface area contributed by atoms with E-state index in [9.17, 15) is 8.42 Å². The Bertz CT molecular complexity index is 679. The average Bonchev–Trinajstić information content (AvgIpc) is 2.94. The lowest BCUT2D eigenvalue weighted by Crippen LogP contribution is -2.26. The molecule has 0 saturated carbocycles. The van der Waals surface area contributed by atoms with E-state index in [1.807, 2.05) is 32.0 Å². The Balaban J connectivity index is 1.85. The maximum absolute atomic E-state index is 12.3. The molecule has 21 heavy (non-hydrogen) atoms.